The number of hydrogen-bond acceptors (Lipinski definition) is 2. The molecule has 2 nitrogen and oxygen atoms in total. The van der Waals surface area contributed by atoms with Gasteiger partial charge in [0.25, 0.3) is 0 Å². The Bertz CT molecular complexity index is 250. The average Bonchev–Trinajstić information content (AvgIpc) is 2.94. The molecular formula is C17H34N2. The minimum atomic E-state index is 0.324. The monoisotopic (exact) mass is 266 g/mol. The summed E-state index contributed by atoms with van der Waals surface area (Å²) in [5, 5.41) is 3.91. The molecule has 2 heteroatoms. The molecule has 1 unspecified atom stereocenters. The number of piperidine rings is 1. The molecule has 1 saturated heterocycles. The molecule has 0 bridgehead atoms. The van der Waals surface area contributed by atoms with Gasteiger partial charge in [0, 0.05) is 11.6 Å². The van der Waals surface area contributed by atoms with Gasteiger partial charge in [-0.25, -0.2) is 0 Å². The molecule has 0 radical (unpaired) electrons. The smallest absolute Gasteiger partial charge is 0.0308 e. The van der Waals surface area contributed by atoms with Crippen LogP contribution in [0.2, 0.25) is 0 Å². The van der Waals surface area contributed by atoms with Gasteiger partial charge in [0.2, 0.25) is 0 Å². The predicted octanol–water partition coefficient (Wildman–Crippen LogP) is 3.81. The average molecular weight is 266 g/mol. The highest BCUT2D eigenvalue weighted by Gasteiger charge is 2.40. The Labute approximate surface area is 120 Å². The summed E-state index contributed by atoms with van der Waals surface area (Å²) in [5.41, 5.74) is 0.324. The summed E-state index contributed by atoms with van der Waals surface area (Å²) in [6, 6.07) is 0.688. The molecule has 2 aliphatic rings. The molecule has 0 aromatic carbocycles. The van der Waals surface area contributed by atoms with Crippen molar-refractivity contribution >= 4 is 0 Å². The first-order valence-corrected chi connectivity index (χ1v) is 8.64. The Balaban J connectivity index is 2.04. The lowest BCUT2D eigenvalue weighted by Crippen LogP contribution is -2.61. The third-order valence-electron chi connectivity index (χ3n) is 5.42. The fraction of sp³-hybridized carbons (Fsp3) is 1.00. The third kappa shape index (κ3) is 3.72. The summed E-state index contributed by atoms with van der Waals surface area (Å²) < 4.78 is 0. The second kappa shape index (κ2) is 7.08. The van der Waals surface area contributed by atoms with Gasteiger partial charge in [-0.15, -0.1) is 0 Å². The highest BCUT2D eigenvalue weighted by atomic mass is 15.2. The zero-order valence-electron chi connectivity index (χ0n) is 13.4. The molecule has 1 saturated carbocycles. The maximum atomic E-state index is 3.91. The van der Waals surface area contributed by atoms with Gasteiger partial charge < -0.3 is 5.32 Å². The Morgan fingerprint density at radius 3 is 2.26 bits per heavy atom. The molecular weight excluding hydrogens is 232 g/mol. The second-order valence-corrected chi connectivity index (χ2v) is 7.18. The van der Waals surface area contributed by atoms with Crippen LogP contribution in [0.1, 0.15) is 72.1 Å². The highest BCUT2D eigenvalue weighted by molar-refractivity contribution is 4.99. The van der Waals surface area contributed by atoms with E-state index in [1.807, 2.05) is 0 Å². The van der Waals surface area contributed by atoms with Gasteiger partial charge in [-0.1, -0.05) is 26.2 Å². The van der Waals surface area contributed by atoms with E-state index in [1.54, 1.807) is 0 Å². The molecule has 1 N–H and O–H groups in total. The van der Waals surface area contributed by atoms with Crippen molar-refractivity contribution in [3.05, 3.63) is 0 Å². The van der Waals surface area contributed by atoms with Gasteiger partial charge in [-0.2, -0.15) is 0 Å². The van der Waals surface area contributed by atoms with Gasteiger partial charge in [0.1, 0.15) is 0 Å². The number of likely N-dealkylation sites (tertiary alicyclic amines) is 1. The van der Waals surface area contributed by atoms with Crippen LogP contribution in [0.5, 0.6) is 0 Å². The zero-order chi connectivity index (χ0) is 13.7. The predicted molar refractivity (Wildman–Crippen MR) is 83.5 cm³/mol. The number of hydrogen-bond donors (Lipinski definition) is 1. The fourth-order valence-corrected chi connectivity index (χ4v) is 4.25. The van der Waals surface area contributed by atoms with E-state index in [2.05, 4.69) is 31.0 Å². The Morgan fingerprint density at radius 1 is 1.05 bits per heavy atom. The van der Waals surface area contributed by atoms with E-state index in [1.165, 1.54) is 71.0 Å². The molecule has 2 fully saturated rings. The van der Waals surface area contributed by atoms with Crippen molar-refractivity contribution in [2.24, 2.45) is 5.92 Å². The van der Waals surface area contributed by atoms with E-state index in [0.29, 0.717) is 11.6 Å². The SMILES string of the molecule is CCCNC(C1CCCC1)C(C)(C)N1CCCCC1. The van der Waals surface area contributed by atoms with Crippen LogP contribution < -0.4 is 5.32 Å². The summed E-state index contributed by atoms with van der Waals surface area (Å²) in [7, 11) is 0. The minimum Gasteiger partial charge on any atom is -0.312 e. The maximum Gasteiger partial charge on any atom is 0.0308 e. The van der Waals surface area contributed by atoms with Crippen LogP contribution in [0, 0.1) is 5.92 Å². The first-order valence-electron chi connectivity index (χ1n) is 8.64. The van der Waals surface area contributed by atoms with Crippen LogP contribution in [-0.4, -0.2) is 36.1 Å². The number of rotatable bonds is 6. The lowest BCUT2D eigenvalue weighted by atomic mass is 9.81. The second-order valence-electron chi connectivity index (χ2n) is 7.18. The van der Waals surface area contributed by atoms with Gasteiger partial charge in [0.15, 0.2) is 0 Å². The van der Waals surface area contributed by atoms with E-state index >= 15 is 0 Å². The van der Waals surface area contributed by atoms with Gasteiger partial charge in [-0.3, -0.25) is 4.90 Å². The molecule has 19 heavy (non-hydrogen) atoms. The first-order chi connectivity index (χ1) is 9.16. The van der Waals surface area contributed by atoms with E-state index in [0.717, 1.165) is 5.92 Å². The molecule has 0 aromatic rings. The van der Waals surface area contributed by atoms with Gasteiger partial charge in [-0.05, 0) is 71.5 Å². The Kier molecular flexibility index (Phi) is 5.70. The van der Waals surface area contributed by atoms with Crippen molar-refractivity contribution in [3.63, 3.8) is 0 Å². The number of nitrogens with zero attached hydrogens (tertiary/aromatic N) is 1. The molecule has 1 aliphatic heterocycles. The maximum absolute atomic E-state index is 3.91. The fourth-order valence-electron chi connectivity index (χ4n) is 4.25. The van der Waals surface area contributed by atoms with Crippen molar-refractivity contribution in [1.29, 1.82) is 0 Å². The molecule has 0 spiro atoms. The van der Waals surface area contributed by atoms with Crippen molar-refractivity contribution < 1.29 is 0 Å². The zero-order valence-corrected chi connectivity index (χ0v) is 13.4. The largest absolute Gasteiger partial charge is 0.312 e. The van der Waals surface area contributed by atoms with Crippen LogP contribution >= 0.6 is 0 Å². The van der Waals surface area contributed by atoms with Crippen LogP contribution in [0.25, 0.3) is 0 Å². The summed E-state index contributed by atoms with van der Waals surface area (Å²) in [6.45, 7) is 11.1. The first kappa shape index (κ1) is 15.3. The molecule has 1 aliphatic carbocycles. The standard InChI is InChI=1S/C17H34N2/c1-4-12-18-16(15-10-6-7-11-15)17(2,3)19-13-8-5-9-14-19/h15-16,18H,4-14H2,1-3H3. The summed E-state index contributed by atoms with van der Waals surface area (Å²) in [6.07, 6.45) is 11.3. The lowest BCUT2D eigenvalue weighted by molar-refractivity contribution is 0.0409. The third-order valence-corrected chi connectivity index (χ3v) is 5.42. The quantitative estimate of drug-likeness (QED) is 0.786. The highest BCUT2D eigenvalue weighted by Crippen LogP contribution is 2.35. The van der Waals surface area contributed by atoms with E-state index in [9.17, 15) is 0 Å². The molecule has 0 aromatic heterocycles. The molecule has 2 rings (SSSR count). The van der Waals surface area contributed by atoms with E-state index in [4.69, 9.17) is 0 Å². The molecule has 112 valence electrons. The number of nitrogens with one attached hydrogen (secondary N) is 1. The topological polar surface area (TPSA) is 15.3 Å². The molecule has 1 atom stereocenters. The van der Waals surface area contributed by atoms with Crippen molar-refractivity contribution in [1.82, 2.24) is 10.2 Å². The molecule has 1 heterocycles. The Morgan fingerprint density at radius 2 is 1.68 bits per heavy atom. The van der Waals surface area contributed by atoms with Crippen molar-refractivity contribution in [2.75, 3.05) is 19.6 Å². The van der Waals surface area contributed by atoms with Gasteiger partial charge >= 0.3 is 0 Å². The minimum absolute atomic E-state index is 0.324. The normalized spacial score (nSPS) is 24.8. The van der Waals surface area contributed by atoms with E-state index < -0.39 is 0 Å². The lowest BCUT2D eigenvalue weighted by Gasteiger charge is -2.48. The summed E-state index contributed by atoms with van der Waals surface area (Å²) >= 11 is 0. The van der Waals surface area contributed by atoms with Crippen molar-refractivity contribution in [2.45, 2.75) is 83.7 Å². The van der Waals surface area contributed by atoms with Crippen LogP contribution in [0.4, 0.5) is 0 Å². The Hall–Kier alpha value is -0.0800. The molecule has 0 amide bonds. The van der Waals surface area contributed by atoms with E-state index in [-0.39, 0.29) is 0 Å². The summed E-state index contributed by atoms with van der Waals surface area (Å²) in [5.74, 6) is 0.906. The van der Waals surface area contributed by atoms with Crippen LogP contribution in [0.3, 0.4) is 0 Å². The van der Waals surface area contributed by atoms with Crippen LogP contribution in [0.15, 0.2) is 0 Å². The summed E-state index contributed by atoms with van der Waals surface area (Å²) in [4.78, 5) is 2.77. The van der Waals surface area contributed by atoms with Gasteiger partial charge in [0.05, 0.1) is 0 Å². The van der Waals surface area contributed by atoms with Crippen LogP contribution in [-0.2, 0) is 0 Å². The van der Waals surface area contributed by atoms with Crippen molar-refractivity contribution in [3.8, 4) is 0 Å².